The molecule has 0 fully saturated rings. The molecule has 1 aliphatic heterocycles. The van der Waals surface area contributed by atoms with E-state index in [1.807, 2.05) is 0 Å². The molecule has 0 saturated carbocycles. The van der Waals surface area contributed by atoms with Crippen LogP contribution in [-0.4, -0.2) is 41.3 Å². The van der Waals surface area contributed by atoms with Crippen molar-refractivity contribution in [3.8, 4) is 0 Å². The summed E-state index contributed by atoms with van der Waals surface area (Å²) in [5.41, 5.74) is 2.45. The Labute approximate surface area is 149 Å². The number of unbranched alkanes of at least 4 members (excludes halogenated alkanes) is 3. The fourth-order valence-corrected chi connectivity index (χ4v) is 2.78. The lowest BCUT2D eigenvalue weighted by molar-refractivity contribution is -0.384. The molecule has 26 heavy (non-hydrogen) atoms. The third kappa shape index (κ3) is 4.33. The molecule has 0 saturated heterocycles. The van der Waals surface area contributed by atoms with Crippen molar-refractivity contribution in [1.82, 2.24) is 5.48 Å². The highest BCUT2D eigenvalue weighted by Crippen LogP contribution is 2.32. The number of hydrogen-bond acceptors (Lipinski definition) is 7. The van der Waals surface area contributed by atoms with Gasteiger partial charge in [-0.15, -0.1) is 0 Å². The van der Waals surface area contributed by atoms with Gasteiger partial charge >= 0.3 is 0 Å². The molecule has 0 aliphatic carbocycles. The molecule has 0 unspecified atom stereocenters. The number of non-ortho nitro benzene ring substituents is 1. The molecule has 140 valence electrons. The molecule has 0 bridgehead atoms. The maximum atomic E-state index is 12.5. The summed E-state index contributed by atoms with van der Waals surface area (Å²) in [6.45, 7) is 0.429. The van der Waals surface area contributed by atoms with Crippen molar-refractivity contribution < 1.29 is 24.6 Å². The van der Waals surface area contributed by atoms with Crippen molar-refractivity contribution in [3.63, 3.8) is 0 Å². The standard InChI is InChI=1S/C16H20N4O6/c1-26-18-15-12-10-11(20(24)25)7-8-13(12)19(16(15)22)9-5-3-2-4-6-14(21)17-23/h7-8,10,23H,2-6,9H2,1H3,(H,17,21). The Balaban J connectivity index is 2.02. The van der Waals surface area contributed by atoms with Crippen LogP contribution < -0.4 is 10.4 Å². The number of nitrogens with one attached hydrogen (secondary N) is 1. The van der Waals surface area contributed by atoms with Gasteiger partial charge in [0.1, 0.15) is 7.11 Å². The number of amides is 2. The molecular weight excluding hydrogens is 344 g/mol. The molecule has 1 aromatic carbocycles. The zero-order chi connectivity index (χ0) is 19.1. The molecule has 0 aromatic heterocycles. The molecule has 0 atom stereocenters. The molecule has 2 N–H and O–H groups in total. The van der Waals surface area contributed by atoms with Gasteiger partial charge in [0.2, 0.25) is 5.91 Å². The van der Waals surface area contributed by atoms with Gasteiger partial charge in [-0.1, -0.05) is 18.0 Å². The minimum atomic E-state index is -0.527. The van der Waals surface area contributed by atoms with Gasteiger partial charge in [0.05, 0.1) is 10.6 Å². The Hall–Kier alpha value is -3.01. The Morgan fingerprint density at radius 1 is 1.35 bits per heavy atom. The molecule has 0 spiro atoms. The number of nitro benzene ring substituents is 1. The highest BCUT2D eigenvalue weighted by molar-refractivity contribution is 6.54. The van der Waals surface area contributed by atoms with Crippen LogP contribution in [0.3, 0.4) is 0 Å². The lowest BCUT2D eigenvalue weighted by atomic mass is 10.1. The fourth-order valence-electron chi connectivity index (χ4n) is 2.78. The Morgan fingerprint density at radius 3 is 2.73 bits per heavy atom. The zero-order valence-corrected chi connectivity index (χ0v) is 14.3. The first-order valence-corrected chi connectivity index (χ1v) is 8.14. The van der Waals surface area contributed by atoms with Crippen molar-refractivity contribution in [2.24, 2.45) is 5.16 Å². The smallest absolute Gasteiger partial charge is 0.281 e. The summed E-state index contributed by atoms with van der Waals surface area (Å²) >= 11 is 0. The summed E-state index contributed by atoms with van der Waals surface area (Å²) in [7, 11) is 1.31. The number of carbonyl (C=O) groups is 2. The fraction of sp³-hybridized carbons (Fsp3) is 0.438. The first kappa shape index (κ1) is 19.3. The average molecular weight is 364 g/mol. The molecule has 0 radical (unpaired) electrons. The van der Waals surface area contributed by atoms with Crippen LogP contribution in [0.4, 0.5) is 11.4 Å². The molecular formula is C16H20N4O6. The normalized spacial score (nSPS) is 14.5. The minimum Gasteiger partial charge on any atom is -0.398 e. The Morgan fingerprint density at radius 2 is 2.08 bits per heavy atom. The monoisotopic (exact) mass is 364 g/mol. The van der Waals surface area contributed by atoms with Gasteiger partial charge < -0.3 is 9.74 Å². The summed E-state index contributed by atoms with van der Waals surface area (Å²) < 4.78 is 0. The van der Waals surface area contributed by atoms with E-state index in [-0.39, 0.29) is 23.7 Å². The number of oxime groups is 1. The second kappa shape index (κ2) is 8.90. The first-order chi connectivity index (χ1) is 12.5. The van der Waals surface area contributed by atoms with E-state index in [0.717, 1.165) is 12.8 Å². The number of hydrogen-bond donors (Lipinski definition) is 2. The number of nitro groups is 1. The number of benzene rings is 1. The highest BCUT2D eigenvalue weighted by Gasteiger charge is 2.35. The van der Waals surface area contributed by atoms with E-state index in [9.17, 15) is 19.7 Å². The van der Waals surface area contributed by atoms with E-state index in [1.54, 1.807) is 5.48 Å². The van der Waals surface area contributed by atoms with E-state index in [1.165, 1.54) is 30.2 Å². The summed E-state index contributed by atoms with van der Waals surface area (Å²) in [4.78, 5) is 40.1. The molecule has 10 nitrogen and oxygen atoms in total. The van der Waals surface area contributed by atoms with Gasteiger partial charge in [0.15, 0.2) is 5.71 Å². The van der Waals surface area contributed by atoms with Gasteiger partial charge in [-0.05, 0) is 18.9 Å². The van der Waals surface area contributed by atoms with Crippen LogP contribution >= 0.6 is 0 Å². The first-order valence-electron chi connectivity index (χ1n) is 8.14. The molecule has 1 aliphatic rings. The summed E-state index contributed by atoms with van der Waals surface area (Å²) in [5.74, 6) is -0.780. The maximum Gasteiger partial charge on any atom is 0.281 e. The predicted octanol–water partition coefficient (Wildman–Crippen LogP) is 1.75. The summed E-state index contributed by atoms with van der Waals surface area (Å²) in [6.07, 6.45) is 3.15. The third-order valence-corrected chi connectivity index (χ3v) is 4.03. The van der Waals surface area contributed by atoms with Crippen LogP contribution in [-0.2, 0) is 14.4 Å². The van der Waals surface area contributed by atoms with E-state index in [4.69, 9.17) is 10.0 Å². The number of fused-ring (bicyclic) bond motifs is 1. The summed E-state index contributed by atoms with van der Waals surface area (Å²) in [6, 6.07) is 4.20. The SMILES string of the molecule is CON=C1C(=O)N(CCCCCCC(=O)NO)c2ccc([N+](=O)[O-])cc21. The molecule has 2 amide bonds. The Bertz CT molecular complexity index is 733. The lowest BCUT2D eigenvalue weighted by Gasteiger charge is -2.16. The molecule has 1 heterocycles. The second-order valence-electron chi connectivity index (χ2n) is 5.74. The van der Waals surface area contributed by atoms with Gasteiger partial charge in [0, 0.05) is 30.7 Å². The number of nitrogens with zero attached hydrogens (tertiary/aromatic N) is 3. The summed E-state index contributed by atoms with van der Waals surface area (Å²) in [5, 5.41) is 23.1. The van der Waals surface area contributed by atoms with Gasteiger partial charge in [-0.25, -0.2) is 5.48 Å². The van der Waals surface area contributed by atoms with Crippen molar-refractivity contribution >= 4 is 28.9 Å². The van der Waals surface area contributed by atoms with E-state index in [2.05, 4.69) is 5.16 Å². The van der Waals surface area contributed by atoms with Crippen molar-refractivity contribution in [1.29, 1.82) is 0 Å². The van der Waals surface area contributed by atoms with Crippen LogP contribution in [0.15, 0.2) is 23.4 Å². The number of anilines is 1. The van der Waals surface area contributed by atoms with Gasteiger partial charge in [0.25, 0.3) is 11.6 Å². The van der Waals surface area contributed by atoms with Crippen LogP contribution in [0.25, 0.3) is 0 Å². The lowest BCUT2D eigenvalue weighted by Crippen LogP contribution is -2.31. The largest absolute Gasteiger partial charge is 0.398 e. The van der Waals surface area contributed by atoms with Crippen LogP contribution in [0.2, 0.25) is 0 Å². The third-order valence-electron chi connectivity index (χ3n) is 4.03. The maximum absolute atomic E-state index is 12.5. The molecule has 1 aromatic rings. The van der Waals surface area contributed by atoms with Crippen LogP contribution in [0, 0.1) is 10.1 Å². The number of carbonyl (C=O) groups excluding carboxylic acids is 2. The zero-order valence-electron chi connectivity index (χ0n) is 14.3. The topological polar surface area (TPSA) is 134 Å². The van der Waals surface area contributed by atoms with E-state index < -0.39 is 10.8 Å². The van der Waals surface area contributed by atoms with Crippen LogP contribution in [0.5, 0.6) is 0 Å². The van der Waals surface area contributed by atoms with Crippen molar-refractivity contribution in [3.05, 3.63) is 33.9 Å². The highest BCUT2D eigenvalue weighted by atomic mass is 16.6. The average Bonchev–Trinajstić information content (AvgIpc) is 2.89. The number of hydroxylamine groups is 1. The van der Waals surface area contributed by atoms with Gasteiger partial charge in [-0.3, -0.25) is 24.9 Å². The predicted molar refractivity (Wildman–Crippen MR) is 92.0 cm³/mol. The van der Waals surface area contributed by atoms with E-state index >= 15 is 0 Å². The van der Waals surface area contributed by atoms with Crippen molar-refractivity contribution in [2.75, 3.05) is 18.6 Å². The molecule has 10 heteroatoms. The van der Waals surface area contributed by atoms with E-state index in [0.29, 0.717) is 30.6 Å². The van der Waals surface area contributed by atoms with Crippen LogP contribution in [0.1, 0.15) is 37.7 Å². The van der Waals surface area contributed by atoms with Crippen molar-refractivity contribution in [2.45, 2.75) is 32.1 Å². The quantitative estimate of drug-likeness (QED) is 0.297. The minimum absolute atomic E-state index is 0.0471. The second-order valence-corrected chi connectivity index (χ2v) is 5.74. The molecule has 2 rings (SSSR count). The Kier molecular flexibility index (Phi) is 6.61. The van der Waals surface area contributed by atoms with Gasteiger partial charge in [-0.2, -0.15) is 0 Å². The number of rotatable bonds is 9.